The van der Waals surface area contributed by atoms with Crippen molar-refractivity contribution in [2.45, 2.75) is 84.3 Å². The van der Waals surface area contributed by atoms with Gasteiger partial charge < -0.3 is 10.1 Å². The fraction of sp³-hybridized carbons (Fsp3) is 0.812. The zero-order chi connectivity index (χ0) is 16.6. The van der Waals surface area contributed by atoms with Crippen LogP contribution in [0.2, 0.25) is 0 Å². The summed E-state index contributed by atoms with van der Waals surface area (Å²) < 4.78 is 5.07. The molecule has 126 valence electrons. The fourth-order valence-electron chi connectivity index (χ4n) is 2.42. The average molecular weight is 311 g/mol. The van der Waals surface area contributed by atoms with Crippen molar-refractivity contribution in [2.75, 3.05) is 0 Å². The number of hydrazone groups is 1. The number of rotatable bonds is 4. The molecule has 0 aliphatic heterocycles. The van der Waals surface area contributed by atoms with Gasteiger partial charge in [-0.15, -0.1) is 0 Å². The molecule has 0 saturated heterocycles. The number of nitrogens with zero attached hydrogens (tertiary/aromatic N) is 1. The molecule has 2 amide bonds. The van der Waals surface area contributed by atoms with E-state index in [0.717, 1.165) is 12.8 Å². The Kier molecular flexibility index (Phi) is 7.35. The van der Waals surface area contributed by atoms with Crippen molar-refractivity contribution >= 4 is 17.7 Å². The summed E-state index contributed by atoms with van der Waals surface area (Å²) in [5, 5.41) is 6.94. The molecule has 0 spiro atoms. The predicted octanol–water partition coefficient (Wildman–Crippen LogP) is 3.12. The summed E-state index contributed by atoms with van der Waals surface area (Å²) in [5.74, 6) is -0.0425. The molecule has 1 fully saturated rings. The summed E-state index contributed by atoms with van der Waals surface area (Å²) >= 11 is 0. The van der Waals surface area contributed by atoms with E-state index in [-0.39, 0.29) is 18.4 Å². The first-order chi connectivity index (χ1) is 10.3. The number of nitrogens with one attached hydrogen (secondary N) is 2. The first-order valence-electron chi connectivity index (χ1n) is 8.08. The maximum Gasteiger partial charge on any atom is 0.428 e. The maximum absolute atomic E-state index is 12.0. The van der Waals surface area contributed by atoms with Crippen molar-refractivity contribution < 1.29 is 14.3 Å². The van der Waals surface area contributed by atoms with Gasteiger partial charge in [0.1, 0.15) is 5.60 Å². The van der Waals surface area contributed by atoms with Crippen LogP contribution in [0.3, 0.4) is 0 Å². The van der Waals surface area contributed by atoms with Crippen molar-refractivity contribution in [2.24, 2.45) is 5.10 Å². The number of carbonyl (C=O) groups excluding carboxylic acids is 2. The largest absolute Gasteiger partial charge is 0.443 e. The highest BCUT2D eigenvalue weighted by atomic mass is 16.6. The average Bonchev–Trinajstić information content (AvgIpc) is 2.63. The second-order valence-corrected chi connectivity index (χ2v) is 6.89. The third-order valence-corrected chi connectivity index (χ3v) is 3.37. The predicted molar refractivity (Wildman–Crippen MR) is 86.7 cm³/mol. The van der Waals surface area contributed by atoms with Gasteiger partial charge in [-0.25, -0.2) is 10.2 Å². The molecule has 1 saturated carbocycles. The highest BCUT2D eigenvalue weighted by Gasteiger charge is 2.17. The van der Waals surface area contributed by atoms with Crippen molar-refractivity contribution in [3.8, 4) is 0 Å². The van der Waals surface area contributed by atoms with Crippen LogP contribution in [0, 0.1) is 0 Å². The summed E-state index contributed by atoms with van der Waals surface area (Å²) in [6.45, 7) is 7.06. The molecule has 22 heavy (non-hydrogen) atoms. The Balaban J connectivity index is 2.33. The lowest BCUT2D eigenvalue weighted by molar-refractivity contribution is -0.120. The third-order valence-electron chi connectivity index (χ3n) is 3.37. The fourth-order valence-corrected chi connectivity index (χ4v) is 2.42. The van der Waals surface area contributed by atoms with Crippen LogP contribution in [0.25, 0.3) is 0 Å². The number of carbonyl (C=O) groups is 2. The van der Waals surface area contributed by atoms with Crippen LogP contribution >= 0.6 is 0 Å². The van der Waals surface area contributed by atoms with Gasteiger partial charge in [-0.2, -0.15) is 5.10 Å². The van der Waals surface area contributed by atoms with E-state index in [2.05, 4.69) is 15.8 Å². The van der Waals surface area contributed by atoms with E-state index < -0.39 is 11.7 Å². The Bertz CT molecular complexity index is 405. The first kappa shape index (κ1) is 18.5. The van der Waals surface area contributed by atoms with Gasteiger partial charge in [0.2, 0.25) is 5.91 Å². The van der Waals surface area contributed by atoms with Crippen molar-refractivity contribution in [1.82, 2.24) is 10.7 Å². The number of ether oxygens (including phenoxy) is 1. The minimum atomic E-state index is -0.615. The van der Waals surface area contributed by atoms with Crippen LogP contribution in [0.15, 0.2) is 5.10 Å². The molecule has 2 N–H and O–H groups in total. The molecular formula is C16H29N3O3. The molecular weight excluding hydrogens is 282 g/mol. The molecule has 0 radical (unpaired) electrons. The maximum atomic E-state index is 12.0. The molecule has 6 nitrogen and oxygen atoms in total. The minimum absolute atomic E-state index is 0.0425. The lowest BCUT2D eigenvalue weighted by atomic mass is 10.1. The topological polar surface area (TPSA) is 79.8 Å². The lowest BCUT2D eigenvalue weighted by Crippen LogP contribution is -2.35. The van der Waals surface area contributed by atoms with E-state index in [1.54, 1.807) is 27.7 Å². The highest BCUT2D eigenvalue weighted by Crippen LogP contribution is 2.17. The van der Waals surface area contributed by atoms with Crippen LogP contribution in [-0.2, 0) is 9.53 Å². The van der Waals surface area contributed by atoms with Crippen LogP contribution in [0.4, 0.5) is 4.79 Å². The van der Waals surface area contributed by atoms with Crippen LogP contribution in [-0.4, -0.2) is 29.4 Å². The molecule has 1 rings (SSSR count). The second kappa shape index (κ2) is 8.76. The van der Waals surface area contributed by atoms with E-state index in [1.807, 2.05) is 0 Å². The zero-order valence-corrected chi connectivity index (χ0v) is 14.2. The summed E-state index contributed by atoms with van der Waals surface area (Å²) in [5.41, 5.74) is 2.29. The Morgan fingerprint density at radius 3 is 2.27 bits per heavy atom. The van der Waals surface area contributed by atoms with Gasteiger partial charge in [-0.05, 0) is 40.5 Å². The second-order valence-electron chi connectivity index (χ2n) is 6.89. The summed E-state index contributed by atoms with van der Waals surface area (Å²) in [6, 6.07) is 0.279. The van der Waals surface area contributed by atoms with Gasteiger partial charge in [-0.1, -0.05) is 25.7 Å². The van der Waals surface area contributed by atoms with Crippen LogP contribution in [0.5, 0.6) is 0 Å². The zero-order valence-electron chi connectivity index (χ0n) is 14.2. The van der Waals surface area contributed by atoms with Crippen molar-refractivity contribution in [1.29, 1.82) is 0 Å². The Labute approximate surface area is 133 Å². The number of amides is 2. The summed E-state index contributed by atoms with van der Waals surface area (Å²) in [6.07, 6.45) is 6.55. The molecule has 1 aliphatic carbocycles. The van der Waals surface area contributed by atoms with Gasteiger partial charge in [0.05, 0.1) is 6.42 Å². The van der Waals surface area contributed by atoms with E-state index in [0.29, 0.717) is 5.71 Å². The van der Waals surface area contributed by atoms with Crippen LogP contribution in [0.1, 0.15) is 72.6 Å². The molecule has 0 aromatic heterocycles. The number of hydrogen-bond acceptors (Lipinski definition) is 4. The highest BCUT2D eigenvalue weighted by molar-refractivity contribution is 6.00. The molecule has 0 unspecified atom stereocenters. The van der Waals surface area contributed by atoms with Crippen molar-refractivity contribution in [3.63, 3.8) is 0 Å². The molecule has 0 atom stereocenters. The first-order valence-corrected chi connectivity index (χ1v) is 8.08. The molecule has 0 heterocycles. The van der Waals surface area contributed by atoms with Gasteiger partial charge in [0.25, 0.3) is 0 Å². The van der Waals surface area contributed by atoms with Crippen molar-refractivity contribution in [3.05, 3.63) is 0 Å². The molecule has 6 heteroatoms. The van der Waals surface area contributed by atoms with Gasteiger partial charge >= 0.3 is 6.09 Å². The third kappa shape index (κ3) is 8.64. The standard InChI is InChI=1S/C16H29N3O3/c1-12(18-19-15(21)22-16(2,3)4)11-14(20)17-13-9-7-5-6-8-10-13/h13H,5-11H2,1-4H3,(H,17,20)(H,19,21)/b18-12+. The van der Waals surface area contributed by atoms with E-state index in [9.17, 15) is 9.59 Å². The quantitative estimate of drug-likeness (QED) is 0.475. The molecule has 0 aromatic rings. The van der Waals surface area contributed by atoms with Crippen LogP contribution < -0.4 is 10.7 Å². The Morgan fingerprint density at radius 1 is 1.14 bits per heavy atom. The SMILES string of the molecule is C/C(CC(=O)NC1CCCCCC1)=N\NC(=O)OC(C)(C)C. The van der Waals surface area contributed by atoms with E-state index in [1.165, 1.54) is 25.7 Å². The number of hydrogen-bond donors (Lipinski definition) is 2. The van der Waals surface area contributed by atoms with Gasteiger partial charge in [-0.3, -0.25) is 4.79 Å². The van der Waals surface area contributed by atoms with Gasteiger partial charge in [0.15, 0.2) is 0 Å². The minimum Gasteiger partial charge on any atom is -0.443 e. The smallest absolute Gasteiger partial charge is 0.428 e. The normalized spacial score (nSPS) is 17.5. The Morgan fingerprint density at radius 2 is 1.73 bits per heavy atom. The molecule has 0 aromatic carbocycles. The molecule has 1 aliphatic rings. The summed E-state index contributed by atoms with van der Waals surface area (Å²) in [7, 11) is 0. The van der Waals surface area contributed by atoms with E-state index in [4.69, 9.17) is 4.74 Å². The summed E-state index contributed by atoms with van der Waals surface area (Å²) in [4.78, 5) is 23.4. The Hall–Kier alpha value is -1.59. The van der Waals surface area contributed by atoms with Gasteiger partial charge in [0, 0.05) is 11.8 Å². The monoisotopic (exact) mass is 311 g/mol. The lowest BCUT2D eigenvalue weighted by Gasteiger charge is -2.18. The molecule has 0 bridgehead atoms. The van der Waals surface area contributed by atoms with E-state index >= 15 is 0 Å².